The lowest BCUT2D eigenvalue weighted by Crippen LogP contribution is -2.27. The fourth-order valence-electron chi connectivity index (χ4n) is 2.84. The highest BCUT2D eigenvalue weighted by atomic mass is 32.2. The zero-order chi connectivity index (χ0) is 20.9. The minimum Gasteiger partial charge on any atom is -0.356 e. The van der Waals surface area contributed by atoms with Crippen LogP contribution in [0.5, 0.6) is 0 Å². The monoisotopic (exact) mass is 415 g/mol. The predicted octanol–water partition coefficient (Wildman–Crippen LogP) is 0.578. The van der Waals surface area contributed by atoms with Gasteiger partial charge in [0.1, 0.15) is 5.52 Å². The van der Waals surface area contributed by atoms with Crippen molar-refractivity contribution in [3.8, 4) is 0 Å². The van der Waals surface area contributed by atoms with Crippen LogP contribution in [0, 0.1) is 0 Å². The number of primary sulfonamides is 1. The second kappa shape index (κ2) is 8.93. The number of sulfonamides is 1. The van der Waals surface area contributed by atoms with Gasteiger partial charge in [-0.1, -0.05) is 29.5 Å². The van der Waals surface area contributed by atoms with Crippen molar-refractivity contribution >= 4 is 26.8 Å². The first kappa shape index (κ1) is 20.6. The third-order valence-electron chi connectivity index (χ3n) is 4.39. The molecule has 0 saturated heterocycles. The molecule has 0 atom stereocenters. The Morgan fingerprint density at radius 2 is 1.83 bits per heavy atom. The molecule has 0 saturated carbocycles. The van der Waals surface area contributed by atoms with Gasteiger partial charge in [-0.2, -0.15) is 0 Å². The van der Waals surface area contributed by atoms with E-state index in [0.29, 0.717) is 36.8 Å². The maximum Gasteiger partial charge on any atom is 0.277 e. The molecule has 3 N–H and O–H groups in total. The number of aromatic nitrogens is 3. The van der Waals surface area contributed by atoms with Crippen molar-refractivity contribution in [3.05, 3.63) is 64.4 Å². The number of nitrogens with one attached hydrogen (secondary N) is 1. The van der Waals surface area contributed by atoms with E-state index in [2.05, 4.69) is 15.6 Å². The number of nitrogens with two attached hydrogens (primary N) is 1. The van der Waals surface area contributed by atoms with Gasteiger partial charge in [0.25, 0.3) is 5.56 Å². The molecule has 29 heavy (non-hydrogen) atoms. The standard InChI is InChI=1S/C19H21N5O4S/c20-29(27,28)15-9-7-14(8-10-15)11-12-21-18(25)6-3-13-24-19(26)16-4-1-2-5-17(16)22-23-24/h1-2,4-5,7-10H,3,6,11-13H2,(H,21,25)(H2,20,27,28). The van der Waals surface area contributed by atoms with Crippen LogP contribution in [0.25, 0.3) is 10.9 Å². The Kier molecular flexibility index (Phi) is 6.35. The lowest BCUT2D eigenvalue weighted by Gasteiger charge is -2.07. The van der Waals surface area contributed by atoms with E-state index in [1.807, 2.05) is 0 Å². The first-order valence-electron chi connectivity index (χ1n) is 9.05. The summed E-state index contributed by atoms with van der Waals surface area (Å²) in [4.78, 5) is 24.4. The van der Waals surface area contributed by atoms with Gasteiger partial charge in [0.05, 0.1) is 10.3 Å². The van der Waals surface area contributed by atoms with E-state index >= 15 is 0 Å². The minimum atomic E-state index is -3.71. The molecule has 3 rings (SSSR count). The molecule has 0 spiro atoms. The van der Waals surface area contributed by atoms with Crippen LogP contribution in [0.15, 0.2) is 58.2 Å². The Labute approximate surface area is 167 Å². The number of fused-ring (bicyclic) bond motifs is 1. The molecule has 2 aromatic carbocycles. The van der Waals surface area contributed by atoms with Gasteiger partial charge >= 0.3 is 0 Å². The molecule has 0 aliphatic carbocycles. The quantitative estimate of drug-likeness (QED) is 0.552. The summed E-state index contributed by atoms with van der Waals surface area (Å²) < 4.78 is 23.7. The van der Waals surface area contributed by atoms with Crippen molar-refractivity contribution in [1.82, 2.24) is 20.3 Å². The molecule has 0 fully saturated rings. The second-order valence-electron chi connectivity index (χ2n) is 6.53. The van der Waals surface area contributed by atoms with Crippen LogP contribution >= 0.6 is 0 Å². The maximum atomic E-state index is 12.3. The minimum absolute atomic E-state index is 0.0531. The van der Waals surface area contributed by atoms with Crippen molar-refractivity contribution in [3.63, 3.8) is 0 Å². The summed E-state index contributed by atoms with van der Waals surface area (Å²) >= 11 is 0. The molecule has 0 radical (unpaired) electrons. The van der Waals surface area contributed by atoms with Gasteiger partial charge in [0.15, 0.2) is 0 Å². The average Bonchev–Trinajstić information content (AvgIpc) is 2.70. The number of rotatable bonds is 8. The van der Waals surface area contributed by atoms with Crippen LogP contribution in [0.3, 0.4) is 0 Å². The average molecular weight is 415 g/mol. The molecule has 1 amide bonds. The van der Waals surface area contributed by atoms with Crippen molar-refractivity contribution in [2.24, 2.45) is 5.14 Å². The highest BCUT2D eigenvalue weighted by Gasteiger charge is 2.08. The smallest absolute Gasteiger partial charge is 0.277 e. The van der Waals surface area contributed by atoms with Crippen LogP contribution in [0.1, 0.15) is 18.4 Å². The largest absolute Gasteiger partial charge is 0.356 e. The highest BCUT2D eigenvalue weighted by Crippen LogP contribution is 2.09. The molecular formula is C19H21N5O4S. The maximum absolute atomic E-state index is 12.3. The van der Waals surface area contributed by atoms with E-state index in [9.17, 15) is 18.0 Å². The molecule has 0 unspecified atom stereocenters. The summed E-state index contributed by atoms with van der Waals surface area (Å²) in [5, 5.41) is 16.3. The SMILES string of the molecule is NS(=O)(=O)c1ccc(CCNC(=O)CCCn2nnc3ccccc3c2=O)cc1. The van der Waals surface area contributed by atoms with Gasteiger partial charge in [-0.15, -0.1) is 5.10 Å². The first-order chi connectivity index (χ1) is 13.8. The molecule has 0 bridgehead atoms. The Bertz CT molecular complexity index is 1170. The number of benzene rings is 2. The van der Waals surface area contributed by atoms with Gasteiger partial charge in [-0.05, 0) is 42.7 Å². The van der Waals surface area contributed by atoms with Crippen molar-refractivity contribution < 1.29 is 13.2 Å². The fraction of sp³-hybridized carbons (Fsp3) is 0.263. The zero-order valence-corrected chi connectivity index (χ0v) is 16.4. The Balaban J connectivity index is 1.44. The summed E-state index contributed by atoms with van der Waals surface area (Å²) in [6, 6.07) is 13.2. The number of hydrogen-bond acceptors (Lipinski definition) is 6. The normalized spacial score (nSPS) is 11.5. The Morgan fingerprint density at radius 3 is 2.55 bits per heavy atom. The van der Waals surface area contributed by atoms with E-state index in [0.717, 1.165) is 5.56 Å². The van der Waals surface area contributed by atoms with Crippen LogP contribution in [0.2, 0.25) is 0 Å². The van der Waals surface area contributed by atoms with Gasteiger partial charge < -0.3 is 5.32 Å². The van der Waals surface area contributed by atoms with Crippen molar-refractivity contribution in [2.45, 2.75) is 30.7 Å². The van der Waals surface area contributed by atoms with Gasteiger partial charge in [0, 0.05) is 19.5 Å². The number of carbonyl (C=O) groups excluding carboxylic acids is 1. The lowest BCUT2D eigenvalue weighted by molar-refractivity contribution is -0.121. The van der Waals surface area contributed by atoms with Crippen molar-refractivity contribution in [1.29, 1.82) is 0 Å². The molecule has 1 aromatic heterocycles. The van der Waals surface area contributed by atoms with E-state index in [1.54, 1.807) is 36.4 Å². The predicted molar refractivity (Wildman–Crippen MR) is 108 cm³/mol. The van der Waals surface area contributed by atoms with Gasteiger partial charge in [-0.25, -0.2) is 18.2 Å². The van der Waals surface area contributed by atoms with Crippen LogP contribution in [-0.2, 0) is 27.8 Å². The summed E-state index contributed by atoms with van der Waals surface area (Å²) in [5.41, 5.74) is 1.21. The topological polar surface area (TPSA) is 137 Å². The molecule has 10 heteroatoms. The molecular weight excluding hydrogens is 394 g/mol. The fourth-order valence-corrected chi connectivity index (χ4v) is 3.36. The molecule has 1 heterocycles. The molecule has 0 aliphatic heterocycles. The third kappa shape index (κ3) is 5.46. The second-order valence-corrected chi connectivity index (χ2v) is 8.09. The zero-order valence-electron chi connectivity index (χ0n) is 15.6. The number of hydrogen-bond donors (Lipinski definition) is 2. The van der Waals surface area contributed by atoms with Gasteiger partial charge in [0.2, 0.25) is 15.9 Å². The van der Waals surface area contributed by atoms with Crippen LogP contribution in [0.4, 0.5) is 0 Å². The number of amides is 1. The first-order valence-corrected chi connectivity index (χ1v) is 10.6. The summed E-state index contributed by atoms with van der Waals surface area (Å²) in [7, 11) is -3.71. The summed E-state index contributed by atoms with van der Waals surface area (Å²) in [6.45, 7) is 0.725. The lowest BCUT2D eigenvalue weighted by atomic mass is 10.1. The number of carbonyl (C=O) groups is 1. The molecule has 3 aromatic rings. The van der Waals surface area contributed by atoms with Crippen LogP contribution < -0.4 is 16.0 Å². The van der Waals surface area contributed by atoms with Gasteiger partial charge in [-0.3, -0.25) is 9.59 Å². The third-order valence-corrected chi connectivity index (χ3v) is 5.32. The molecule has 152 valence electrons. The van der Waals surface area contributed by atoms with E-state index in [4.69, 9.17) is 5.14 Å². The van der Waals surface area contributed by atoms with E-state index in [-0.39, 0.29) is 22.8 Å². The Morgan fingerprint density at radius 1 is 1.10 bits per heavy atom. The Hall–Kier alpha value is -3.11. The highest BCUT2D eigenvalue weighted by molar-refractivity contribution is 7.89. The molecule has 0 aliphatic rings. The number of nitrogens with zero attached hydrogens (tertiary/aromatic N) is 3. The van der Waals surface area contributed by atoms with E-state index in [1.165, 1.54) is 16.8 Å². The van der Waals surface area contributed by atoms with Crippen molar-refractivity contribution in [2.75, 3.05) is 6.54 Å². The van der Waals surface area contributed by atoms with E-state index < -0.39 is 10.0 Å². The summed E-state index contributed by atoms with van der Waals surface area (Å²) in [6.07, 6.45) is 1.28. The van der Waals surface area contributed by atoms with Crippen LogP contribution in [-0.4, -0.2) is 35.9 Å². The number of aryl methyl sites for hydroxylation is 1. The molecule has 9 nitrogen and oxygen atoms in total. The summed E-state index contributed by atoms with van der Waals surface area (Å²) in [5.74, 6) is -0.132.